The van der Waals surface area contributed by atoms with Gasteiger partial charge in [0.25, 0.3) is 0 Å². The summed E-state index contributed by atoms with van der Waals surface area (Å²) in [6.45, 7) is 7.16. The quantitative estimate of drug-likeness (QED) is 0.355. The summed E-state index contributed by atoms with van der Waals surface area (Å²) in [4.78, 5) is 27.8. The van der Waals surface area contributed by atoms with Crippen LogP contribution in [0.15, 0.2) is 67.6 Å². The van der Waals surface area contributed by atoms with Crippen molar-refractivity contribution in [2.75, 3.05) is 36.9 Å². The number of amides is 1. The molecule has 0 atom stereocenters. The molecule has 178 valence electrons. The van der Waals surface area contributed by atoms with Gasteiger partial charge in [-0.05, 0) is 62.3 Å². The third-order valence-corrected chi connectivity index (χ3v) is 6.16. The molecular formula is C27H28N6O2. The molecule has 8 nitrogen and oxygen atoms in total. The summed E-state index contributed by atoms with van der Waals surface area (Å²) >= 11 is 0. The Morgan fingerprint density at radius 2 is 1.94 bits per heavy atom. The Hall–Kier alpha value is -4.04. The fraction of sp³-hybridized carbons (Fsp3) is 0.259. The topological polar surface area (TPSA) is 92.3 Å². The van der Waals surface area contributed by atoms with E-state index in [4.69, 9.17) is 4.74 Å². The lowest BCUT2D eigenvalue weighted by Gasteiger charge is -2.26. The maximum atomic E-state index is 12.1. The minimum absolute atomic E-state index is 0.307. The van der Waals surface area contributed by atoms with Crippen molar-refractivity contribution >= 4 is 44.9 Å². The molecule has 1 amide bonds. The van der Waals surface area contributed by atoms with Gasteiger partial charge in [0, 0.05) is 35.3 Å². The van der Waals surface area contributed by atoms with Gasteiger partial charge in [-0.2, -0.15) is 0 Å². The van der Waals surface area contributed by atoms with E-state index >= 15 is 0 Å². The molecule has 2 N–H and O–H groups in total. The van der Waals surface area contributed by atoms with Crippen LogP contribution in [0.25, 0.3) is 21.8 Å². The molecule has 5 rings (SSSR count). The van der Waals surface area contributed by atoms with Crippen LogP contribution in [0.1, 0.15) is 19.3 Å². The number of fused-ring (bicyclic) bond motifs is 2. The molecule has 0 spiro atoms. The molecule has 2 aromatic carbocycles. The van der Waals surface area contributed by atoms with Crippen molar-refractivity contribution in [1.29, 1.82) is 0 Å². The first-order valence-corrected chi connectivity index (χ1v) is 11.9. The highest BCUT2D eigenvalue weighted by Crippen LogP contribution is 2.33. The van der Waals surface area contributed by atoms with E-state index in [1.165, 1.54) is 31.7 Å². The predicted molar refractivity (Wildman–Crippen MR) is 139 cm³/mol. The highest BCUT2D eigenvalue weighted by atomic mass is 16.5. The average molecular weight is 469 g/mol. The van der Waals surface area contributed by atoms with E-state index in [1.807, 2.05) is 42.5 Å². The summed E-state index contributed by atoms with van der Waals surface area (Å²) in [5.74, 6) is 0.900. The molecule has 1 saturated heterocycles. The first-order valence-electron chi connectivity index (χ1n) is 11.9. The number of benzene rings is 2. The lowest BCUT2D eigenvalue weighted by molar-refractivity contribution is -0.111. The SMILES string of the molecule is C=CC(=O)Nc1cc2c(Nc3ccc4ncccc4c3)ncnc2cc1OCCN1CCCCC1. The Balaban J connectivity index is 1.43. The minimum atomic E-state index is -0.307. The van der Waals surface area contributed by atoms with Crippen molar-refractivity contribution in [3.8, 4) is 5.75 Å². The van der Waals surface area contributed by atoms with Crippen molar-refractivity contribution in [3.05, 3.63) is 67.6 Å². The van der Waals surface area contributed by atoms with E-state index in [-0.39, 0.29) is 5.91 Å². The number of hydrogen-bond acceptors (Lipinski definition) is 7. The monoisotopic (exact) mass is 468 g/mol. The molecule has 1 fully saturated rings. The second-order valence-electron chi connectivity index (χ2n) is 8.57. The van der Waals surface area contributed by atoms with Crippen LogP contribution in [0, 0.1) is 0 Å². The number of rotatable bonds is 8. The van der Waals surface area contributed by atoms with Crippen LogP contribution < -0.4 is 15.4 Å². The van der Waals surface area contributed by atoms with Crippen molar-refractivity contribution in [2.24, 2.45) is 0 Å². The second kappa shape index (κ2) is 10.5. The normalized spacial score (nSPS) is 14.1. The molecule has 1 aliphatic heterocycles. The van der Waals surface area contributed by atoms with Crippen molar-refractivity contribution in [3.63, 3.8) is 0 Å². The number of ether oxygens (including phenoxy) is 1. The van der Waals surface area contributed by atoms with Gasteiger partial charge < -0.3 is 15.4 Å². The molecule has 0 unspecified atom stereocenters. The Labute approximate surface area is 204 Å². The lowest BCUT2D eigenvalue weighted by atomic mass is 10.1. The molecule has 3 heterocycles. The molecule has 4 aromatic rings. The smallest absolute Gasteiger partial charge is 0.247 e. The number of nitrogens with zero attached hydrogens (tertiary/aromatic N) is 4. The zero-order valence-corrected chi connectivity index (χ0v) is 19.5. The third-order valence-electron chi connectivity index (χ3n) is 6.16. The fourth-order valence-electron chi connectivity index (χ4n) is 4.34. The zero-order valence-electron chi connectivity index (χ0n) is 19.5. The van der Waals surface area contributed by atoms with Crippen LogP contribution in [0.3, 0.4) is 0 Å². The summed E-state index contributed by atoms with van der Waals surface area (Å²) in [5, 5.41) is 8.04. The highest BCUT2D eigenvalue weighted by Gasteiger charge is 2.15. The van der Waals surface area contributed by atoms with E-state index < -0.39 is 0 Å². The summed E-state index contributed by atoms with van der Waals surface area (Å²) in [5.41, 5.74) is 3.08. The molecule has 0 radical (unpaired) electrons. The number of nitrogens with one attached hydrogen (secondary N) is 2. The van der Waals surface area contributed by atoms with Gasteiger partial charge in [0.05, 0.1) is 16.7 Å². The van der Waals surface area contributed by atoms with Crippen LogP contribution in [0.4, 0.5) is 17.2 Å². The molecule has 2 aromatic heterocycles. The maximum Gasteiger partial charge on any atom is 0.247 e. The number of hydrogen-bond donors (Lipinski definition) is 2. The number of carbonyl (C=O) groups is 1. The van der Waals surface area contributed by atoms with E-state index in [0.29, 0.717) is 23.9 Å². The average Bonchev–Trinajstić information content (AvgIpc) is 2.89. The predicted octanol–water partition coefficient (Wildman–Crippen LogP) is 4.91. The summed E-state index contributed by atoms with van der Waals surface area (Å²) in [6.07, 6.45) is 8.30. The molecule has 1 aliphatic rings. The van der Waals surface area contributed by atoms with Crippen LogP contribution in [0.2, 0.25) is 0 Å². The van der Waals surface area contributed by atoms with Gasteiger partial charge in [0.1, 0.15) is 24.5 Å². The van der Waals surface area contributed by atoms with Crippen LogP contribution in [-0.4, -0.2) is 52.0 Å². The Kier molecular flexibility index (Phi) is 6.81. The maximum absolute atomic E-state index is 12.1. The molecular weight excluding hydrogens is 440 g/mol. The standard InChI is InChI=1S/C27H28N6O2/c1-2-26(34)32-24-16-21-23(17-25(24)35-14-13-33-11-4-3-5-12-33)29-18-30-27(21)31-20-8-9-22-19(15-20)7-6-10-28-22/h2,6-10,15-18H,1,3-5,11-14H2,(H,32,34)(H,29,30,31). The van der Waals surface area contributed by atoms with Crippen LogP contribution in [-0.2, 0) is 4.79 Å². The van der Waals surface area contributed by atoms with Crippen LogP contribution in [0.5, 0.6) is 5.75 Å². The summed E-state index contributed by atoms with van der Waals surface area (Å²) < 4.78 is 6.12. The van der Waals surface area contributed by atoms with Gasteiger partial charge in [0.2, 0.25) is 5.91 Å². The zero-order chi connectivity index (χ0) is 24.0. The number of carbonyl (C=O) groups excluding carboxylic acids is 1. The van der Waals surface area contributed by atoms with E-state index in [1.54, 1.807) is 6.20 Å². The van der Waals surface area contributed by atoms with Crippen molar-refractivity contribution in [1.82, 2.24) is 19.9 Å². The summed E-state index contributed by atoms with van der Waals surface area (Å²) in [7, 11) is 0. The van der Waals surface area contributed by atoms with E-state index in [9.17, 15) is 4.79 Å². The first-order chi connectivity index (χ1) is 17.2. The minimum Gasteiger partial charge on any atom is -0.490 e. The van der Waals surface area contributed by atoms with Gasteiger partial charge in [-0.3, -0.25) is 14.7 Å². The summed E-state index contributed by atoms with van der Waals surface area (Å²) in [6, 6.07) is 13.6. The molecule has 0 bridgehead atoms. The fourth-order valence-corrected chi connectivity index (χ4v) is 4.34. The lowest BCUT2D eigenvalue weighted by Crippen LogP contribution is -2.33. The van der Waals surface area contributed by atoms with Gasteiger partial charge >= 0.3 is 0 Å². The first kappa shape index (κ1) is 22.7. The van der Waals surface area contributed by atoms with Gasteiger partial charge in [-0.25, -0.2) is 9.97 Å². The van der Waals surface area contributed by atoms with Crippen LogP contribution >= 0.6 is 0 Å². The second-order valence-corrected chi connectivity index (χ2v) is 8.57. The number of anilines is 3. The number of aromatic nitrogens is 3. The Bertz CT molecular complexity index is 1370. The Morgan fingerprint density at radius 1 is 1.06 bits per heavy atom. The third kappa shape index (κ3) is 5.38. The Morgan fingerprint density at radius 3 is 2.80 bits per heavy atom. The number of pyridine rings is 1. The molecule has 8 heteroatoms. The van der Waals surface area contributed by atoms with Gasteiger partial charge in [-0.15, -0.1) is 0 Å². The molecule has 0 saturated carbocycles. The largest absolute Gasteiger partial charge is 0.490 e. The highest BCUT2D eigenvalue weighted by molar-refractivity contribution is 6.03. The van der Waals surface area contributed by atoms with E-state index in [0.717, 1.165) is 47.1 Å². The molecule has 35 heavy (non-hydrogen) atoms. The molecule has 0 aliphatic carbocycles. The number of likely N-dealkylation sites (tertiary alicyclic amines) is 1. The van der Waals surface area contributed by atoms with Gasteiger partial charge in [0.15, 0.2) is 0 Å². The van der Waals surface area contributed by atoms with Crippen molar-refractivity contribution in [2.45, 2.75) is 19.3 Å². The van der Waals surface area contributed by atoms with Gasteiger partial charge in [-0.1, -0.05) is 19.1 Å². The van der Waals surface area contributed by atoms with E-state index in [2.05, 4.69) is 37.1 Å². The van der Waals surface area contributed by atoms with Crippen molar-refractivity contribution < 1.29 is 9.53 Å². The number of piperidine rings is 1.